The Kier molecular flexibility index (Phi) is 6.57. The van der Waals surface area contributed by atoms with Crippen LogP contribution in [0.1, 0.15) is 11.1 Å². The Bertz CT molecular complexity index is 912. The van der Waals surface area contributed by atoms with E-state index in [1.165, 1.54) is 6.07 Å². The van der Waals surface area contributed by atoms with Crippen molar-refractivity contribution in [3.8, 4) is 5.75 Å². The van der Waals surface area contributed by atoms with Crippen LogP contribution in [0.15, 0.2) is 66.9 Å². The quantitative estimate of drug-likeness (QED) is 0.616. The number of aromatic nitrogens is 1. The summed E-state index contributed by atoms with van der Waals surface area (Å²) in [6.45, 7) is 2.47. The minimum atomic E-state index is -0.261. The molecule has 2 N–H and O–H groups in total. The zero-order chi connectivity index (χ0) is 19.8. The number of pyridine rings is 1. The third kappa shape index (κ3) is 5.81. The monoisotopic (exact) mass is 379 g/mol. The number of halogens is 1. The molecule has 0 aliphatic rings. The molecule has 5 nitrogen and oxygen atoms in total. The standard InChI is InChI=1S/C22H22FN3O2/c1-16-6-9-19(10-7-16)28-15-22(27)26-18-8-11-21(25-14-18)24-13-12-17-4-2-3-5-20(17)23/h2-11,14H,12-13,15H2,1H3,(H,24,25)(H,26,27). The molecule has 0 aliphatic carbocycles. The number of benzene rings is 2. The molecule has 3 rings (SSSR count). The van der Waals surface area contributed by atoms with Crippen LogP contribution in [0.5, 0.6) is 5.75 Å². The summed E-state index contributed by atoms with van der Waals surface area (Å²) in [7, 11) is 0. The largest absolute Gasteiger partial charge is 0.484 e. The van der Waals surface area contributed by atoms with Gasteiger partial charge in [-0.15, -0.1) is 0 Å². The normalized spacial score (nSPS) is 10.4. The first kappa shape index (κ1) is 19.4. The molecule has 0 radical (unpaired) electrons. The number of rotatable bonds is 8. The Hall–Kier alpha value is -3.41. The van der Waals surface area contributed by atoms with Crippen molar-refractivity contribution in [1.29, 1.82) is 0 Å². The molecule has 0 saturated heterocycles. The van der Waals surface area contributed by atoms with Crippen molar-refractivity contribution in [2.24, 2.45) is 0 Å². The summed E-state index contributed by atoms with van der Waals surface area (Å²) < 4.78 is 19.0. The van der Waals surface area contributed by atoms with Gasteiger partial charge in [0.2, 0.25) is 0 Å². The summed E-state index contributed by atoms with van der Waals surface area (Å²) in [4.78, 5) is 16.2. The van der Waals surface area contributed by atoms with Crippen molar-refractivity contribution in [2.75, 3.05) is 23.8 Å². The Labute approximate surface area is 163 Å². The summed E-state index contributed by atoms with van der Waals surface area (Å²) in [5, 5.41) is 5.87. The van der Waals surface area contributed by atoms with E-state index in [4.69, 9.17) is 4.74 Å². The maximum absolute atomic E-state index is 13.6. The van der Waals surface area contributed by atoms with E-state index in [0.29, 0.717) is 35.8 Å². The van der Waals surface area contributed by atoms with Crippen LogP contribution in [0.2, 0.25) is 0 Å². The van der Waals surface area contributed by atoms with Crippen LogP contribution in [-0.2, 0) is 11.2 Å². The van der Waals surface area contributed by atoms with Crippen LogP contribution in [0, 0.1) is 12.7 Å². The minimum Gasteiger partial charge on any atom is -0.484 e. The molecular formula is C22H22FN3O2. The number of hydrogen-bond acceptors (Lipinski definition) is 4. The van der Waals surface area contributed by atoms with Crippen molar-refractivity contribution in [1.82, 2.24) is 4.98 Å². The minimum absolute atomic E-state index is 0.0777. The summed E-state index contributed by atoms with van der Waals surface area (Å²) in [5.74, 6) is 0.837. The highest BCUT2D eigenvalue weighted by Crippen LogP contribution is 2.13. The van der Waals surface area contributed by atoms with Gasteiger partial charge in [-0.05, 0) is 49.2 Å². The zero-order valence-corrected chi connectivity index (χ0v) is 15.6. The van der Waals surface area contributed by atoms with Crippen LogP contribution < -0.4 is 15.4 Å². The average Bonchev–Trinajstić information content (AvgIpc) is 2.70. The second kappa shape index (κ2) is 9.50. The molecule has 3 aromatic rings. The van der Waals surface area contributed by atoms with Crippen LogP contribution in [-0.4, -0.2) is 24.0 Å². The van der Waals surface area contributed by atoms with Crippen molar-refractivity contribution in [3.63, 3.8) is 0 Å². The van der Waals surface area contributed by atoms with Gasteiger partial charge in [-0.1, -0.05) is 35.9 Å². The fraction of sp³-hybridized carbons (Fsp3) is 0.182. The molecule has 0 spiro atoms. The third-order valence-electron chi connectivity index (χ3n) is 4.10. The van der Waals surface area contributed by atoms with Gasteiger partial charge in [0.25, 0.3) is 5.91 Å². The molecule has 0 unspecified atom stereocenters. The molecule has 1 amide bonds. The van der Waals surface area contributed by atoms with Gasteiger partial charge in [-0.3, -0.25) is 4.79 Å². The first-order chi connectivity index (χ1) is 13.6. The number of carbonyl (C=O) groups excluding carboxylic acids is 1. The van der Waals surface area contributed by atoms with Crippen molar-refractivity contribution in [2.45, 2.75) is 13.3 Å². The van der Waals surface area contributed by atoms with E-state index in [-0.39, 0.29) is 18.3 Å². The van der Waals surface area contributed by atoms with E-state index >= 15 is 0 Å². The summed E-state index contributed by atoms with van der Waals surface area (Å²) in [5.41, 5.74) is 2.37. The maximum atomic E-state index is 13.6. The number of amides is 1. The van der Waals surface area contributed by atoms with Gasteiger partial charge in [0, 0.05) is 6.54 Å². The van der Waals surface area contributed by atoms with Gasteiger partial charge in [0.05, 0.1) is 11.9 Å². The predicted octanol–water partition coefficient (Wildman–Crippen LogP) is 4.20. The van der Waals surface area contributed by atoms with E-state index in [1.807, 2.05) is 37.3 Å². The Morgan fingerprint density at radius 3 is 2.57 bits per heavy atom. The molecule has 6 heteroatoms. The van der Waals surface area contributed by atoms with E-state index in [1.54, 1.807) is 30.5 Å². The molecule has 144 valence electrons. The van der Waals surface area contributed by atoms with Crippen molar-refractivity contribution in [3.05, 3.63) is 83.8 Å². The van der Waals surface area contributed by atoms with Crippen LogP contribution in [0.25, 0.3) is 0 Å². The molecule has 0 fully saturated rings. The van der Waals surface area contributed by atoms with Crippen LogP contribution >= 0.6 is 0 Å². The molecule has 1 heterocycles. The lowest BCUT2D eigenvalue weighted by Crippen LogP contribution is -2.20. The van der Waals surface area contributed by atoms with E-state index in [9.17, 15) is 9.18 Å². The predicted molar refractivity (Wildman–Crippen MR) is 108 cm³/mol. The molecule has 0 saturated carbocycles. The lowest BCUT2D eigenvalue weighted by molar-refractivity contribution is -0.118. The first-order valence-corrected chi connectivity index (χ1v) is 9.03. The van der Waals surface area contributed by atoms with Gasteiger partial charge in [-0.2, -0.15) is 0 Å². The summed E-state index contributed by atoms with van der Waals surface area (Å²) in [6.07, 6.45) is 2.12. The average molecular weight is 379 g/mol. The van der Waals surface area contributed by atoms with Gasteiger partial charge < -0.3 is 15.4 Å². The van der Waals surface area contributed by atoms with Gasteiger partial charge >= 0.3 is 0 Å². The Balaban J connectivity index is 1.42. The molecule has 1 aromatic heterocycles. The van der Waals surface area contributed by atoms with Crippen LogP contribution in [0.3, 0.4) is 0 Å². The molecule has 0 aliphatic heterocycles. The van der Waals surface area contributed by atoms with Gasteiger partial charge in [-0.25, -0.2) is 9.37 Å². The third-order valence-corrected chi connectivity index (χ3v) is 4.10. The number of nitrogens with one attached hydrogen (secondary N) is 2. The second-order valence-electron chi connectivity index (χ2n) is 6.35. The molecule has 0 atom stereocenters. The number of nitrogens with zero attached hydrogens (tertiary/aromatic N) is 1. The van der Waals surface area contributed by atoms with Crippen LogP contribution in [0.4, 0.5) is 15.9 Å². The highest BCUT2D eigenvalue weighted by molar-refractivity contribution is 5.91. The second-order valence-corrected chi connectivity index (χ2v) is 6.35. The lowest BCUT2D eigenvalue weighted by atomic mass is 10.1. The van der Waals surface area contributed by atoms with Crippen molar-refractivity contribution >= 4 is 17.4 Å². The number of anilines is 2. The molecule has 0 bridgehead atoms. The number of aryl methyl sites for hydroxylation is 1. The van der Waals surface area contributed by atoms with Crippen molar-refractivity contribution < 1.29 is 13.9 Å². The smallest absolute Gasteiger partial charge is 0.262 e. The SMILES string of the molecule is Cc1ccc(OCC(=O)Nc2ccc(NCCc3ccccc3F)nc2)cc1. The number of hydrogen-bond donors (Lipinski definition) is 2. The first-order valence-electron chi connectivity index (χ1n) is 9.03. The fourth-order valence-corrected chi connectivity index (χ4v) is 2.58. The molecule has 28 heavy (non-hydrogen) atoms. The van der Waals surface area contributed by atoms with Gasteiger partial charge in [0.15, 0.2) is 6.61 Å². The molecular weight excluding hydrogens is 357 g/mol. The van der Waals surface area contributed by atoms with E-state index in [0.717, 1.165) is 5.56 Å². The molecule has 2 aromatic carbocycles. The summed E-state index contributed by atoms with van der Waals surface area (Å²) >= 11 is 0. The van der Waals surface area contributed by atoms with E-state index < -0.39 is 0 Å². The lowest BCUT2D eigenvalue weighted by Gasteiger charge is -2.09. The number of ether oxygens (including phenoxy) is 1. The summed E-state index contributed by atoms with van der Waals surface area (Å²) in [6, 6.07) is 17.7. The zero-order valence-electron chi connectivity index (χ0n) is 15.6. The van der Waals surface area contributed by atoms with E-state index in [2.05, 4.69) is 15.6 Å². The Morgan fingerprint density at radius 1 is 1.07 bits per heavy atom. The highest BCUT2D eigenvalue weighted by atomic mass is 19.1. The maximum Gasteiger partial charge on any atom is 0.262 e. The van der Waals surface area contributed by atoms with Gasteiger partial charge in [0.1, 0.15) is 17.4 Å². The Morgan fingerprint density at radius 2 is 1.86 bits per heavy atom. The number of carbonyl (C=O) groups is 1. The fourth-order valence-electron chi connectivity index (χ4n) is 2.58. The topological polar surface area (TPSA) is 63.2 Å². The highest BCUT2D eigenvalue weighted by Gasteiger charge is 2.05.